The van der Waals surface area contributed by atoms with Crippen molar-refractivity contribution < 1.29 is 10.2 Å². The fraction of sp³-hybridized carbons (Fsp3) is 0.500. The van der Waals surface area contributed by atoms with E-state index in [1.54, 1.807) is 0 Å². The smallest absolute Gasteiger partial charge is 0.100 e. The van der Waals surface area contributed by atoms with Crippen LogP contribution in [-0.2, 0) is 11.3 Å². The Hall–Kier alpha value is -1.76. The van der Waals surface area contributed by atoms with Crippen molar-refractivity contribution in [3.8, 4) is 0 Å². The first-order valence-corrected chi connectivity index (χ1v) is 9.97. The predicted molar refractivity (Wildman–Crippen MR) is 128 cm³/mol. The molecular formula is C24H45N3O2. The molecule has 0 saturated carbocycles. The second-order valence-corrected chi connectivity index (χ2v) is 6.10. The highest BCUT2D eigenvalue weighted by atomic mass is 16.5. The molecule has 0 unspecified atom stereocenters. The van der Waals surface area contributed by atoms with Crippen molar-refractivity contribution in [3.05, 3.63) is 72.3 Å². The Kier molecular flexibility index (Phi) is 28.9. The largest absolute Gasteiger partial charge is 0.412 e. The van der Waals surface area contributed by atoms with E-state index in [1.807, 2.05) is 66.5 Å². The Morgan fingerprint density at radius 2 is 1.41 bits per heavy atom. The third kappa shape index (κ3) is 22.4. The SMILES string of the molecule is C.CCCCCNC.CCN(CN)COCc1ccccc1.O.c1ccccc1. The van der Waals surface area contributed by atoms with Gasteiger partial charge < -0.3 is 21.3 Å². The molecule has 0 radical (unpaired) electrons. The quantitative estimate of drug-likeness (QED) is 0.454. The molecular weight excluding hydrogens is 362 g/mol. The Labute approximate surface area is 179 Å². The Balaban J connectivity index is -0.000000381. The molecule has 5 heteroatoms. The first-order chi connectivity index (χ1) is 13.3. The maximum absolute atomic E-state index is 5.51. The van der Waals surface area contributed by atoms with Crippen LogP contribution in [0.25, 0.3) is 0 Å². The average Bonchev–Trinajstić information content (AvgIpc) is 2.75. The van der Waals surface area contributed by atoms with Gasteiger partial charge in [-0.3, -0.25) is 4.90 Å². The summed E-state index contributed by atoms with van der Waals surface area (Å²) >= 11 is 0. The number of nitrogens with zero attached hydrogens (tertiary/aromatic N) is 1. The van der Waals surface area contributed by atoms with Gasteiger partial charge in [-0.15, -0.1) is 0 Å². The van der Waals surface area contributed by atoms with E-state index in [9.17, 15) is 0 Å². The summed E-state index contributed by atoms with van der Waals surface area (Å²) in [7, 11) is 2.00. The maximum Gasteiger partial charge on any atom is 0.100 e. The first-order valence-electron chi connectivity index (χ1n) is 9.97. The lowest BCUT2D eigenvalue weighted by atomic mass is 10.2. The summed E-state index contributed by atoms with van der Waals surface area (Å²) in [5.41, 5.74) is 6.70. The summed E-state index contributed by atoms with van der Waals surface area (Å²) in [6.07, 6.45) is 4.01. The zero-order chi connectivity index (χ0) is 20.0. The molecule has 2 aromatic carbocycles. The molecule has 0 amide bonds. The summed E-state index contributed by atoms with van der Waals surface area (Å²) in [5.74, 6) is 0. The number of rotatable bonds is 10. The van der Waals surface area contributed by atoms with Gasteiger partial charge in [0.1, 0.15) is 6.73 Å². The summed E-state index contributed by atoms with van der Waals surface area (Å²) in [6, 6.07) is 22.1. The van der Waals surface area contributed by atoms with Crippen LogP contribution in [0.3, 0.4) is 0 Å². The summed E-state index contributed by atoms with van der Waals surface area (Å²) in [6.45, 7) is 8.18. The lowest BCUT2D eigenvalue weighted by molar-refractivity contribution is 0.0226. The molecule has 0 aliphatic heterocycles. The first kappa shape index (κ1) is 31.9. The standard InChI is InChI=1S/C11H18N2O.C6H15N.C6H6.CH4.H2O/c1-2-13(9-12)10-14-8-11-6-4-3-5-7-11;1-3-4-5-6-7-2;1-2-4-6-5-3-1;;/h3-7H,2,8-10,12H2,1H3;7H,3-6H2,1-2H3;1-6H;1H4;1H2. The van der Waals surface area contributed by atoms with Gasteiger partial charge in [-0.1, -0.05) is 101 Å². The van der Waals surface area contributed by atoms with Crippen molar-refractivity contribution in [2.45, 2.75) is 47.1 Å². The van der Waals surface area contributed by atoms with Gasteiger partial charge >= 0.3 is 0 Å². The van der Waals surface area contributed by atoms with Gasteiger partial charge in [-0.05, 0) is 32.1 Å². The molecule has 0 spiro atoms. The van der Waals surface area contributed by atoms with Gasteiger partial charge in [-0.2, -0.15) is 0 Å². The molecule has 0 aliphatic carbocycles. The Morgan fingerprint density at radius 1 is 0.897 bits per heavy atom. The summed E-state index contributed by atoms with van der Waals surface area (Å²) < 4.78 is 5.51. The highest BCUT2D eigenvalue weighted by Crippen LogP contribution is 2.00. The molecule has 5 nitrogen and oxygen atoms in total. The van der Waals surface area contributed by atoms with Gasteiger partial charge in [0, 0.05) is 6.67 Å². The minimum absolute atomic E-state index is 0. The van der Waals surface area contributed by atoms with Crippen molar-refractivity contribution in [2.75, 3.05) is 33.5 Å². The zero-order valence-electron chi connectivity index (χ0n) is 17.9. The molecule has 0 aliphatic rings. The molecule has 2 aromatic rings. The van der Waals surface area contributed by atoms with Gasteiger partial charge in [-0.25, -0.2) is 0 Å². The van der Waals surface area contributed by atoms with Crippen LogP contribution in [0.4, 0.5) is 0 Å². The highest BCUT2D eigenvalue weighted by molar-refractivity contribution is 5.13. The number of unbranched alkanes of at least 4 members (excludes halogenated alkanes) is 2. The monoisotopic (exact) mass is 407 g/mol. The van der Waals surface area contributed by atoms with Crippen LogP contribution in [0.5, 0.6) is 0 Å². The predicted octanol–water partition coefficient (Wildman–Crippen LogP) is 4.29. The van der Waals surface area contributed by atoms with E-state index >= 15 is 0 Å². The van der Waals surface area contributed by atoms with Crippen LogP contribution in [0.15, 0.2) is 66.7 Å². The van der Waals surface area contributed by atoms with Crippen LogP contribution < -0.4 is 11.1 Å². The number of nitrogens with two attached hydrogens (primary N) is 1. The number of ether oxygens (including phenoxy) is 1. The van der Waals surface area contributed by atoms with Crippen molar-refractivity contribution in [2.24, 2.45) is 5.73 Å². The Bertz CT molecular complexity index is 463. The van der Waals surface area contributed by atoms with Crippen molar-refractivity contribution in [1.29, 1.82) is 0 Å². The van der Waals surface area contributed by atoms with Crippen LogP contribution in [-0.4, -0.2) is 43.9 Å². The van der Waals surface area contributed by atoms with Crippen LogP contribution in [0, 0.1) is 0 Å². The minimum atomic E-state index is 0. The molecule has 0 saturated heterocycles. The second-order valence-electron chi connectivity index (χ2n) is 6.10. The van der Waals surface area contributed by atoms with Crippen molar-refractivity contribution in [1.82, 2.24) is 10.2 Å². The number of hydrogen-bond acceptors (Lipinski definition) is 4. The average molecular weight is 408 g/mol. The zero-order valence-corrected chi connectivity index (χ0v) is 17.9. The van der Waals surface area contributed by atoms with E-state index in [4.69, 9.17) is 10.5 Å². The second kappa shape index (κ2) is 26.2. The minimum Gasteiger partial charge on any atom is -0.412 e. The lowest BCUT2D eigenvalue weighted by Crippen LogP contribution is -2.31. The molecule has 5 N–H and O–H groups in total. The van der Waals surface area contributed by atoms with E-state index in [2.05, 4.69) is 31.3 Å². The van der Waals surface area contributed by atoms with Crippen LogP contribution in [0.2, 0.25) is 0 Å². The van der Waals surface area contributed by atoms with Crippen LogP contribution in [0.1, 0.15) is 46.1 Å². The highest BCUT2D eigenvalue weighted by Gasteiger charge is 1.98. The van der Waals surface area contributed by atoms with E-state index in [0.717, 1.165) is 6.54 Å². The molecule has 0 aromatic heterocycles. The topological polar surface area (TPSA) is 82.0 Å². The van der Waals surface area contributed by atoms with E-state index < -0.39 is 0 Å². The van der Waals surface area contributed by atoms with Gasteiger partial charge in [0.2, 0.25) is 0 Å². The molecule has 29 heavy (non-hydrogen) atoms. The lowest BCUT2D eigenvalue weighted by Gasteiger charge is -2.17. The molecule has 0 heterocycles. The number of benzene rings is 2. The summed E-state index contributed by atoms with van der Waals surface area (Å²) in [5, 5.41) is 3.10. The third-order valence-corrected chi connectivity index (χ3v) is 3.79. The molecule has 2 rings (SSSR count). The number of hydrogen-bond donors (Lipinski definition) is 2. The Morgan fingerprint density at radius 3 is 1.83 bits per heavy atom. The summed E-state index contributed by atoms with van der Waals surface area (Å²) in [4.78, 5) is 2.03. The maximum atomic E-state index is 5.51. The van der Waals surface area contributed by atoms with Crippen molar-refractivity contribution in [3.63, 3.8) is 0 Å². The molecule has 168 valence electrons. The van der Waals surface area contributed by atoms with Gasteiger partial charge in [0.25, 0.3) is 0 Å². The fourth-order valence-electron chi connectivity index (χ4n) is 2.08. The van der Waals surface area contributed by atoms with Crippen molar-refractivity contribution >= 4 is 0 Å². The van der Waals surface area contributed by atoms with Gasteiger partial charge in [0.15, 0.2) is 0 Å². The molecule has 0 bridgehead atoms. The molecule has 0 atom stereocenters. The van der Waals surface area contributed by atoms with E-state index in [-0.39, 0.29) is 12.9 Å². The normalized spacial score (nSPS) is 9.14. The number of nitrogens with one attached hydrogen (secondary N) is 1. The van der Waals surface area contributed by atoms with Crippen LogP contribution >= 0.6 is 0 Å². The van der Waals surface area contributed by atoms with Gasteiger partial charge in [0.05, 0.1) is 6.61 Å². The van der Waals surface area contributed by atoms with E-state index in [1.165, 1.54) is 31.4 Å². The van der Waals surface area contributed by atoms with E-state index in [0.29, 0.717) is 20.0 Å². The molecule has 0 fully saturated rings. The third-order valence-electron chi connectivity index (χ3n) is 3.79. The fourth-order valence-corrected chi connectivity index (χ4v) is 2.08.